The summed E-state index contributed by atoms with van der Waals surface area (Å²) >= 11 is 0. The highest BCUT2D eigenvalue weighted by Gasteiger charge is 2.20. The zero-order valence-corrected chi connectivity index (χ0v) is 5.89. The van der Waals surface area contributed by atoms with Gasteiger partial charge in [-0.15, -0.1) is 4.39 Å². The van der Waals surface area contributed by atoms with E-state index in [1.54, 1.807) is 23.6 Å². The standard InChI is InChI=1S/C6H12FN2/c1-8-4-3-5-9(2)6(8)7/h3-5H2,1-2H3/q+1. The summed E-state index contributed by atoms with van der Waals surface area (Å²) in [5.74, 6) is 0. The molecule has 0 radical (unpaired) electrons. The summed E-state index contributed by atoms with van der Waals surface area (Å²) in [5.41, 5.74) is 0. The Morgan fingerprint density at radius 1 is 1.67 bits per heavy atom. The monoisotopic (exact) mass is 131 g/mol. The zero-order valence-electron chi connectivity index (χ0n) is 5.89. The predicted molar refractivity (Wildman–Crippen MR) is 34.4 cm³/mol. The molecule has 0 bridgehead atoms. The highest BCUT2D eigenvalue weighted by atomic mass is 19.1. The van der Waals surface area contributed by atoms with Gasteiger partial charge in [-0.25, -0.2) is 9.48 Å². The zero-order chi connectivity index (χ0) is 6.85. The van der Waals surface area contributed by atoms with Crippen molar-refractivity contribution < 1.29 is 8.97 Å². The minimum absolute atomic E-state index is 0.110. The average molecular weight is 131 g/mol. The van der Waals surface area contributed by atoms with Gasteiger partial charge in [0.1, 0.15) is 0 Å². The molecule has 0 aromatic rings. The molecule has 0 amide bonds. The molecule has 1 rings (SSSR count). The van der Waals surface area contributed by atoms with E-state index < -0.39 is 0 Å². The molecule has 0 spiro atoms. The maximum absolute atomic E-state index is 12.7. The van der Waals surface area contributed by atoms with Gasteiger partial charge in [0.25, 0.3) is 0 Å². The summed E-state index contributed by atoms with van der Waals surface area (Å²) in [4.78, 5) is 1.63. The number of halogens is 1. The van der Waals surface area contributed by atoms with Crippen LogP contribution in [0.1, 0.15) is 6.42 Å². The smallest absolute Gasteiger partial charge is 0.238 e. The van der Waals surface area contributed by atoms with Crippen LogP contribution in [0.3, 0.4) is 0 Å². The molecule has 1 aliphatic heterocycles. The van der Waals surface area contributed by atoms with Crippen LogP contribution < -0.4 is 0 Å². The first-order chi connectivity index (χ1) is 4.22. The van der Waals surface area contributed by atoms with Crippen molar-refractivity contribution in [1.82, 2.24) is 4.90 Å². The Morgan fingerprint density at radius 3 is 2.78 bits per heavy atom. The molecule has 0 aromatic heterocycles. The molecule has 0 saturated heterocycles. The number of hydrogen-bond acceptors (Lipinski definition) is 1. The molecule has 0 aliphatic carbocycles. The highest BCUT2D eigenvalue weighted by Crippen LogP contribution is 1.98. The van der Waals surface area contributed by atoms with E-state index >= 15 is 0 Å². The summed E-state index contributed by atoms with van der Waals surface area (Å²) < 4.78 is 14.4. The van der Waals surface area contributed by atoms with Crippen molar-refractivity contribution >= 4 is 6.09 Å². The Morgan fingerprint density at radius 2 is 2.33 bits per heavy atom. The van der Waals surface area contributed by atoms with Gasteiger partial charge in [-0.05, 0) is 0 Å². The van der Waals surface area contributed by atoms with Crippen LogP contribution >= 0.6 is 0 Å². The fraction of sp³-hybridized carbons (Fsp3) is 0.833. The van der Waals surface area contributed by atoms with Gasteiger partial charge in [0.2, 0.25) is 0 Å². The first kappa shape index (κ1) is 6.52. The van der Waals surface area contributed by atoms with E-state index in [-0.39, 0.29) is 6.09 Å². The number of amidine groups is 1. The topological polar surface area (TPSA) is 6.25 Å². The first-order valence-electron chi connectivity index (χ1n) is 3.16. The second-order valence-electron chi connectivity index (χ2n) is 2.47. The summed E-state index contributed by atoms with van der Waals surface area (Å²) in [6.45, 7) is 1.69. The Hall–Kier alpha value is -0.600. The summed E-state index contributed by atoms with van der Waals surface area (Å²) in [5, 5.41) is 0. The van der Waals surface area contributed by atoms with Crippen molar-refractivity contribution in [3.63, 3.8) is 0 Å². The van der Waals surface area contributed by atoms with Crippen molar-refractivity contribution in [2.45, 2.75) is 6.42 Å². The van der Waals surface area contributed by atoms with Crippen LogP contribution in [0.15, 0.2) is 0 Å². The molecule has 2 nitrogen and oxygen atoms in total. The number of rotatable bonds is 0. The minimum Gasteiger partial charge on any atom is -0.238 e. The molecule has 3 heteroatoms. The molecular formula is C6H12FN2+. The van der Waals surface area contributed by atoms with Gasteiger partial charge in [-0.1, -0.05) is 0 Å². The molecule has 0 fully saturated rings. The van der Waals surface area contributed by atoms with E-state index in [1.807, 2.05) is 0 Å². The quantitative estimate of drug-likeness (QED) is 0.338. The molecule has 0 N–H and O–H groups in total. The fourth-order valence-electron chi connectivity index (χ4n) is 1.02. The van der Waals surface area contributed by atoms with Crippen molar-refractivity contribution in [3.8, 4) is 0 Å². The highest BCUT2D eigenvalue weighted by molar-refractivity contribution is 5.66. The second kappa shape index (κ2) is 2.33. The van der Waals surface area contributed by atoms with Gasteiger partial charge in [0, 0.05) is 6.42 Å². The van der Waals surface area contributed by atoms with Crippen LogP contribution in [0.4, 0.5) is 4.39 Å². The lowest BCUT2D eigenvalue weighted by Gasteiger charge is -2.15. The normalized spacial score (nSPS) is 21.0. The first-order valence-corrected chi connectivity index (χ1v) is 3.16. The lowest BCUT2D eigenvalue weighted by atomic mass is 10.3. The van der Waals surface area contributed by atoms with Crippen molar-refractivity contribution in [1.29, 1.82) is 0 Å². The van der Waals surface area contributed by atoms with Crippen LogP contribution in [-0.4, -0.2) is 42.7 Å². The predicted octanol–water partition coefficient (Wildman–Crippen LogP) is 0.290. The molecule has 52 valence electrons. The Labute approximate surface area is 54.6 Å². The Balaban J connectivity index is 2.72. The van der Waals surface area contributed by atoms with Gasteiger partial charge in [0.05, 0.1) is 27.2 Å². The Bertz CT molecular complexity index is 142. The van der Waals surface area contributed by atoms with Crippen molar-refractivity contribution in [2.24, 2.45) is 0 Å². The lowest BCUT2D eigenvalue weighted by molar-refractivity contribution is -0.514. The number of nitrogens with zero attached hydrogens (tertiary/aromatic N) is 2. The van der Waals surface area contributed by atoms with E-state index in [1.165, 1.54) is 0 Å². The lowest BCUT2D eigenvalue weighted by Crippen LogP contribution is -2.37. The van der Waals surface area contributed by atoms with Crippen LogP contribution in [0.5, 0.6) is 0 Å². The van der Waals surface area contributed by atoms with E-state index in [0.717, 1.165) is 19.5 Å². The summed E-state index contributed by atoms with van der Waals surface area (Å²) in [6.07, 6.45) is 0.946. The summed E-state index contributed by atoms with van der Waals surface area (Å²) in [6, 6.07) is 0. The third kappa shape index (κ3) is 1.20. The summed E-state index contributed by atoms with van der Waals surface area (Å²) in [7, 11) is 3.54. The van der Waals surface area contributed by atoms with Gasteiger partial charge in [-0.3, -0.25) is 0 Å². The van der Waals surface area contributed by atoms with Crippen LogP contribution in [-0.2, 0) is 0 Å². The van der Waals surface area contributed by atoms with Gasteiger partial charge >= 0.3 is 6.09 Å². The molecule has 0 saturated carbocycles. The Kier molecular flexibility index (Phi) is 1.69. The average Bonchev–Trinajstić information content (AvgIpc) is 1.83. The SMILES string of the molecule is CN1CCC[N+](C)=C1F. The van der Waals surface area contributed by atoms with Crippen LogP contribution in [0.2, 0.25) is 0 Å². The number of hydrogen-bond donors (Lipinski definition) is 0. The molecule has 0 aromatic carbocycles. The third-order valence-corrected chi connectivity index (χ3v) is 1.62. The molecule has 9 heavy (non-hydrogen) atoms. The van der Waals surface area contributed by atoms with Gasteiger partial charge in [-0.2, -0.15) is 0 Å². The van der Waals surface area contributed by atoms with Gasteiger partial charge in [0.15, 0.2) is 0 Å². The van der Waals surface area contributed by atoms with Crippen LogP contribution in [0.25, 0.3) is 0 Å². The van der Waals surface area contributed by atoms with Crippen LogP contribution in [0, 0.1) is 0 Å². The van der Waals surface area contributed by atoms with Crippen molar-refractivity contribution in [2.75, 3.05) is 27.2 Å². The van der Waals surface area contributed by atoms with Gasteiger partial charge < -0.3 is 0 Å². The largest absolute Gasteiger partial charge is 0.435 e. The second-order valence-corrected chi connectivity index (χ2v) is 2.47. The maximum Gasteiger partial charge on any atom is 0.435 e. The molecule has 0 atom stereocenters. The van der Waals surface area contributed by atoms with E-state index in [2.05, 4.69) is 0 Å². The minimum atomic E-state index is -0.110. The van der Waals surface area contributed by atoms with E-state index in [9.17, 15) is 4.39 Å². The fourth-order valence-corrected chi connectivity index (χ4v) is 1.02. The molecule has 1 heterocycles. The molecular weight excluding hydrogens is 119 g/mol. The third-order valence-electron chi connectivity index (χ3n) is 1.62. The maximum atomic E-state index is 12.7. The molecule has 0 unspecified atom stereocenters. The van der Waals surface area contributed by atoms with E-state index in [0.29, 0.717) is 0 Å². The van der Waals surface area contributed by atoms with Crippen molar-refractivity contribution in [3.05, 3.63) is 0 Å². The van der Waals surface area contributed by atoms with E-state index in [4.69, 9.17) is 0 Å². The molecule has 1 aliphatic rings.